The van der Waals surface area contributed by atoms with Crippen LogP contribution in [-0.4, -0.2) is 57.1 Å². The van der Waals surface area contributed by atoms with Gasteiger partial charge in [-0.25, -0.2) is 9.97 Å². The van der Waals surface area contributed by atoms with Crippen LogP contribution < -0.4 is 5.32 Å². The zero-order chi connectivity index (χ0) is 17.8. The van der Waals surface area contributed by atoms with E-state index in [0.29, 0.717) is 24.6 Å². The fourth-order valence-corrected chi connectivity index (χ4v) is 3.86. The topological polar surface area (TPSA) is 80.2 Å². The molecule has 0 saturated carbocycles. The Morgan fingerprint density at radius 1 is 1.23 bits per heavy atom. The van der Waals surface area contributed by atoms with Crippen LogP contribution in [0.4, 0.5) is 5.95 Å². The Morgan fingerprint density at radius 3 is 2.85 bits per heavy atom. The van der Waals surface area contributed by atoms with Crippen LogP contribution in [0.15, 0.2) is 43.0 Å². The minimum Gasteiger partial charge on any atom is -0.368 e. The van der Waals surface area contributed by atoms with Crippen LogP contribution in [0.25, 0.3) is 0 Å². The van der Waals surface area contributed by atoms with E-state index in [1.807, 2.05) is 4.90 Å². The SMILES string of the molecule is O=C(c1ccncc1)N1CC[C@]2(CCC[C@H](CNc3ncccn3)O2)C1. The number of nitrogens with zero attached hydrogens (tertiary/aromatic N) is 4. The molecule has 0 aliphatic carbocycles. The van der Waals surface area contributed by atoms with Crippen molar-refractivity contribution >= 4 is 11.9 Å². The number of nitrogens with one attached hydrogen (secondary N) is 1. The predicted octanol–water partition coefficient (Wildman–Crippen LogP) is 2.14. The normalized spacial score (nSPS) is 25.4. The summed E-state index contributed by atoms with van der Waals surface area (Å²) in [4.78, 5) is 26.9. The number of ether oxygens (including phenoxy) is 1. The van der Waals surface area contributed by atoms with E-state index in [0.717, 1.165) is 32.2 Å². The van der Waals surface area contributed by atoms with Crippen molar-refractivity contribution in [1.82, 2.24) is 19.9 Å². The van der Waals surface area contributed by atoms with Gasteiger partial charge in [0.25, 0.3) is 5.91 Å². The van der Waals surface area contributed by atoms with Gasteiger partial charge in [-0.3, -0.25) is 9.78 Å². The fourth-order valence-electron chi connectivity index (χ4n) is 3.86. The number of carbonyl (C=O) groups is 1. The monoisotopic (exact) mass is 353 g/mol. The zero-order valence-corrected chi connectivity index (χ0v) is 14.7. The summed E-state index contributed by atoms with van der Waals surface area (Å²) in [5.41, 5.74) is 0.470. The molecular weight excluding hydrogens is 330 g/mol. The molecule has 0 bridgehead atoms. The Hall–Kier alpha value is -2.54. The van der Waals surface area contributed by atoms with Crippen LogP contribution in [0.3, 0.4) is 0 Å². The molecule has 1 N–H and O–H groups in total. The van der Waals surface area contributed by atoms with Crippen LogP contribution >= 0.6 is 0 Å². The van der Waals surface area contributed by atoms with Gasteiger partial charge < -0.3 is 15.0 Å². The summed E-state index contributed by atoms with van der Waals surface area (Å²) in [6.07, 6.45) is 10.9. The second-order valence-corrected chi connectivity index (χ2v) is 6.98. The van der Waals surface area contributed by atoms with Crippen LogP contribution in [-0.2, 0) is 4.74 Å². The van der Waals surface area contributed by atoms with Crippen molar-refractivity contribution in [1.29, 1.82) is 0 Å². The molecule has 2 fully saturated rings. The van der Waals surface area contributed by atoms with Crippen LogP contribution in [0.5, 0.6) is 0 Å². The van der Waals surface area contributed by atoms with E-state index >= 15 is 0 Å². The number of amides is 1. The number of hydrogen-bond donors (Lipinski definition) is 1. The van der Waals surface area contributed by atoms with Gasteiger partial charge in [0.1, 0.15) is 0 Å². The van der Waals surface area contributed by atoms with Gasteiger partial charge in [-0.05, 0) is 43.9 Å². The van der Waals surface area contributed by atoms with Crippen molar-refractivity contribution in [3.05, 3.63) is 48.5 Å². The summed E-state index contributed by atoms with van der Waals surface area (Å²) >= 11 is 0. The van der Waals surface area contributed by atoms with E-state index in [1.165, 1.54) is 0 Å². The smallest absolute Gasteiger partial charge is 0.254 e. The summed E-state index contributed by atoms with van der Waals surface area (Å²) in [6, 6.07) is 5.33. The number of pyridine rings is 1. The Morgan fingerprint density at radius 2 is 2.04 bits per heavy atom. The van der Waals surface area contributed by atoms with Gasteiger partial charge in [0.15, 0.2) is 0 Å². The molecule has 2 aliphatic rings. The highest BCUT2D eigenvalue weighted by Gasteiger charge is 2.44. The van der Waals surface area contributed by atoms with Gasteiger partial charge in [0.05, 0.1) is 18.2 Å². The number of anilines is 1. The first kappa shape index (κ1) is 16.9. The lowest BCUT2D eigenvalue weighted by Crippen LogP contribution is -2.45. The molecule has 0 aromatic carbocycles. The highest BCUT2D eigenvalue weighted by Crippen LogP contribution is 2.37. The van der Waals surface area contributed by atoms with Crippen molar-refractivity contribution in [2.24, 2.45) is 0 Å². The summed E-state index contributed by atoms with van der Waals surface area (Å²) in [5.74, 6) is 0.683. The fraction of sp³-hybridized carbons (Fsp3) is 0.474. The van der Waals surface area contributed by atoms with Crippen molar-refractivity contribution in [3.8, 4) is 0 Å². The molecular formula is C19H23N5O2. The minimum atomic E-state index is -0.217. The maximum atomic E-state index is 12.7. The lowest BCUT2D eigenvalue weighted by atomic mass is 9.90. The Kier molecular flexibility index (Phi) is 4.79. The van der Waals surface area contributed by atoms with Gasteiger partial charge in [-0.2, -0.15) is 0 Å². The minimum absolute atomic E-state index is 0.0609. The van der Waals surface area contributed by atoms with Crippen molar-refractivity contribution in [2.45, 2.75) is 37.4 Å². The van der Waals surface area contributed by atoms with Crippen LogP contribution in [0.1, 0.15) is 36.0 Å². The van der Waals surface area contributed by atoms with Gasteiger partial charge in [-0.15, -0.1) is 0 Å². The molecule has 2 atom stereocenters. The van der Waals surface area contributed by atoms with Crippen LogP contribution in [0.2, 0.25) is 0 Å². The molecule has 0 radical (unpaired) electrons. The standard InChI is InChI=1S/C19H23N5O2/c25-17(15-4-10-20-11-5-15)24-12-7-19(14-24)6-1-3-16(26-19)13-23-18-21-8-2-9-22-18/h2,4-5,8-11,16H,1,3,6-7,12-14H2,(H,21,22,23)/t16-,19-/m1/s1. The molecule has 7 nitrogen and oxygen atoms in total. The van der Waals surface area contributed by atoms with E-state index in [-0.39, 0.29) is 17.6 Å². The summed E-state index contributed by atoms with van der Waals surface area (Å²) < 4.78 is 6.45. The van der Waals surface area contributed by atoms with Crippen molar-refractivity contribution < 1.29 is 9.53 Å². The Balaban J connectivity index is 1.36. The molecule has 4 heterocycles. The second kappa shape index (κ2) is 7.37. The van der Waals surface area contributed by atoms with E-state index in [2.05, 4.69) is 20.3 Å². The Labute approximate surface area is 152 Å². The number of aromatic nitrogens is 3. The van der Waals surface area contributed by atoms with Crippen LogP contribution in [0, 0.1) is 0 Å². The number of hydrogen-bond acceptors (Lipinski definition) is 6. The molecule has 0 unspecified atom stereocenters. The molecule has 26 heavy (non-hydrogen) atoms. The number of rotatable bonds is 4. The maximum Gasteiger partial charge on any atom is 0.254 e. The highest BCUT2D eigenvalue weighted by atomic mass is 16.5. The van der Waals surface area contributed by atoms with Gasteiger partial charge in [-0.1, -0.05) is 0 Å². The number of carbonyl (C=O) groups excluding carboxylic acids is 1. The quantitative estimate of drug-likeness (QED) is 0.907. The molecule has 1 spiro atoms. The van der Waals surface area contributed by atoms with E-state index in [9.17, 15) is 4.79 Å². The first-order chi connectivity index (χ1) is 12.7. The molecule has 2 saturated heterocycles. The molecule has 1 amide bonds. The molecule has 4 rings (SSSR count). The maximum absolute atomic E-state index is 12.7. The number of likely N-dealkylation sites (tertiary alicyclic amines) is 1. The lowest BCUT2D eigenvalue weighted by Gasteiger charge is -2.38. The highest BCUT2D eigenvalue weighted by molar-refractivity contribution is 5.94. The van der Waals surface area contributed by atoms with Crippen molar-refractivity contribution in [3.63, 3.8) is 0 Å². The largest absolute Gasteiger partial charge is 0.368 e. The summed E-state index contributed by atoms with van der Waals surface area (Å²) in [7, 11) is 0. The van der Waals surface area contributed by atoms with Crippen molar-refractivity contribution in [2.75, 3.05) is 25.0 Å². The van der Waals surface area contributed by atoms with E-state index < -0.39 is 0 Å². The predicted molar refractivity (Wildman–Crippen MR) is 96.7 cm³/mol. The van der Waals surface area contributed by atoms with E-state index in [4.69, 9.17) is 4.74 Å². The summed E-state index contributed by atoms with van der Waals surface area (Å²) in [6.45, 7) is 2.08. The average molecular weight is 353 g/mol. The third-order valence-corrected chi connectivity index (χ3v) is 5.16. The average Bonchev–Trinajstić information content (AvgIpc) is 3.10. The molecule has 2 aromatic rings. The lowest BCUT2D eigenvalue weighted by molar-refractivity contribution is -0.114. The second-order valence-electron chi connectivity index (χ2n) is 6.98. The first-order valence-electron chi connectivity index (χ1n) is 9.12. The van der Waals surface area contributed by atoms with Gasteiger partial charge >= 0.3 is 0 Å². The summed E-state index contributed by atoms with van der Waals surface area (Å²) in [5, 5.41) is 3.25. The third-order valence-electron chi connectivity index (χ3n) is 5.16. The van der Waals surface area contributed by atoms with Gasteiger partial charge in [0.2, 0.25) is 5.95 Å². The molecule has 2 aliphatic heterocycles. The molecule has 136 valence electrons. The van der Waals surface area contributed by atoms with E-state index in [1.54, 1.807) is 43.0 Å². The van der Waals surface area contributed by atoms with Gasteiger partial charge in [0, 0.05) is 43.4 Å². The molecule has 7 heteroatoms. The molecule has 2 aromatic heterocycles. The Bertz CT molecular complexity index is 742. The zero-order valence-electron chi connectivity index (χ0n) is 14.7. The first-order valence-corrected chi connectivity index (χ1v) is 9.12. The third kappa shape index (κ3) is 3.67.